The van der Waals surface area contributed by atoms with E-state index in [1.165, 1.54) is 6.08 Å². The van der Waals surface area contributed by atoms with E-state index in [0.717, 1.165) is 6.54 Å². The van der Waals surface area contributed by atoms with E-state index in [9.17, 15) is 4.79 Å². The Morgan fingerprint density at radius 1 is 1.67 bits per heavy atom. The van der Waals surface area contributed by atoms with Crippen molar-refractivity contribution in [2.75, 3.05) is 20.2 Å². The summed E-state index contributed by atoms with van der Waals surface area (Å²) in [6, 6.07) is 0. The number of rotatable bonds is 5. The molecular weight excluding hydrogens is 154 g/mol. The molecule has 0 aliphatic heterocycles. The average Bonchev–Trinajstić information content (AvgIpc) is 2.00. The molecule has 0 aromatic heterocycles. The van der Waals surface area contributed by atoms with E-state index in [0.29, 0.717) is 6.61 Å². The first-order chi connectivity index (χ1) is 5.52. The minimum absolute atomic E-state index is 0.0204. The predicted octanol–water partition coefficient (Wildman–Crippen LogP) is 0.961. The van der Waals surface area contributed by atoms with Crippen molar-refractivity contribution in [1.29, 1.82) is 0 Å². The fraction of sp³-hybridized carbons (Fsp3) is 0.667. The largest absolute Gasteiger partial charge is 0.462 e. The van der Waals surface area contributed by atoms with Crippen molar-refractivity contribution in [2.45, 2.75) is 13.8 Å². The van der Waals surface area contributed by atoms with Crippen LogP contribution in [0.2, 0.25) is 0 Å². The number of nitrogens with one attached hydrogen (secondary N) is 1. The minimum Gasteiger partial charge on any atom is -0.462 e. The molecule has 0 saturated heterocycles. The second-order valence-electron chi connectivity index (χ2n) is 3.51. The smallest absolute Gasteiger partial charge is 0.330 e. The first kappa shape index (κ1) is 11.2. The summed E-state index contributed by atoms with van der Waals surface area (Å²) in [4.78, 5) is 10.7. The molecule has 3 heteroatoms. The summed E-state index contributed by atoms with van der Waals surface area (Å²) in [5.74, 6) is -0.362. The third-order valence-corrected chi connectivity index (χ3v) is 1.43. The van der Waals surface area contributed by atoms with Gasteiger partial charge in [0, 0.05) is 18.0 Å². The molecule has 0 atom stereocenters. The lowest BCUT2D eigenvalue weighted by Crippen LogP contribution is -2.31. The van der Waals surface area contributed by atoms with Crippen molar-refractivity contribution < 1.29 is 9.53 Å². The lowest BCUT2D eigenvalue weighted by atomic mass is 9.95. The molecule has 0 aromatic carbocycles. The molecule has 1 N–H and O–H groups in total. The molecule has 0 radical (unpaired) electrons. The molecule has 3 nitrogen and oxygen atoms in total. The summed E-state index contributed by atoms with van der Waals surface area (Å²) in [5, 5.41) is 3.03. The number of hydrogen-bond donors (Lipinski definition) is 1. The Bertz CT molecular complexity index is 164. The Morgan fingerprint density at radius 2 is 2.25 bits per heavy atom. The van der Waals surface area contributed by atoms with Crippen LogP contribution in [0.3, 0.4) is 0 Å². The van der Waals surface area contributed by atoms with Crippen LogP contribution in [-0.4, -0.2) is 26.2 Å². The zero-order chi connectivity index (χ0) is 9.61. The highest BCUT2D eigenvalue weighted by Gasteiger charge is 2.18. The van der Waals surface area contributed by atoms with Crippen molar-refractivity contribution in [3.63, 3.8) is 0 Å². The standard InChI is InChI=1S/C9H17NO2/c1-5-8(11)12-7-9(2,3)6-10-4/h5,10H,1,6-7H2,2-4H3. The molecular formula is C9H17NO2. The highest BCUT2D eigenvalue weighted by Crippen LogP contribution is 2.13. The fourth-order valence-corrected chi connectivity index (χ4v) is 0.855. The van der Waals surface area contributed by atoms with Gasteiger partial charge in [0.15, 0.2) is 0 Å². The summed E-state index contributed by atoms with van der Waals surface area (Å²) in [5.41, 5.74) is -0.0204. The summed E-state index contributed by atoms with van der Waals surface area (Å²) in [6.07, 6.45) is 1.18. The molecule has 0 aliphatic carbocycles. The van der Waals surface area contributed by atoms with Gasteiger partial charge in [0.25, 0.3) is 0 Å². The van der Waals surface area contributed by atoms with E-state index in [4.69, 9.17) is 4.74 Å². The maximum absolute atomic E-state index is 10.7. The van der Waals surface area contributed by atoms with E-state index in [-0.39, 0.29) is 11.4 Å². The molecule has 0 rings (SSSR count). The normalized spacial score (nSPS) is 10.9. The first-order valence-electron chi connectivity index (χ1n) is 3.95. The maximum Gasteiger partial charge on any atom is 0.330 e. The van der Waals surface area contributed by atoms with Crippen molar-refractivity contribution in [3.05, 3.63) is 12.7 Å². The van der Waals surface area contributed by atoms with Gasteiger partial charge in [0.2, 0.25) is 0 Å². The Hall–Kier alpha value is -0.830. The third-order valence-electron chi connectivity index (χ3n) is 1.43. The van der Waals surface area contributed by atoms with E-state index in [1.54, 1.807) is 0 Å². The lowest BCUT2D eigenvalue weighted by molar-refractivity contribution is -0.140. The van der Waals surface area contributed by atoms with Crippen LogP contribution in [-0.2, 0) is 9.53 Å². The van der Waals surface area contributed by atoms with Crippen LogP contribution >= 0.6 is 0 Å². The summed E-state index contributed by atoms with van der Waals surface area (Å²) in [6.45, 7) is 8.60. The molecule has 0 aromatic rings. The predicted molar refractivity (Wildman–Crippen MR) is 48.9 cm³/mol. The van der Waals surface area contributed by atoms with Crippen molar-refractivity contribution in [2.24, 2.45) is 5.41 Å². The zero-order valence-corrected chi connectivity index (χ0v) is 8.02. The second kappa shape index (κ2) is 4.93. The average molecular weight is 171 g/mol. The topological polar surface area (TPSA) is 38.3 Å². The second-order valence-corrected chi connectivity index (χ2v) is 3.51. The molecule has 0 bridgehead atoms. The van der Waals surface area contributed by atoms with Gasteiger partial charge in [-0.05, 0) is 7.05 Å². The van der Waals surface area contributed by atoms with Crippen LogP contribution in [0.15, 0.2) is 12.7 Å². The van der Waals surface area contributed by atoms with E-state index in [2.05, 4.69) is 11.9 Å². The van der Waals surface area contributed by atoms with Crippen LogP contribution in [0.25, 0.3) is 0 Å². The molecule has 70 valence electrons. The van der Waals surface area contributed by atoms with Crippen LogP contribution < -0.4 is 5.32 Å². The monoisotopic (exact) mass is 171 g/mol. The number of hydrogen-bond acceptors (Lipinski definition) is 3. The fourth-order valence-electron chi connectivity index (χ4n) is 0.855. The van der Waals surface area contributed by atoms with E-state index >= 15 is 0 Å². The molecule has 12 heavy (non-hydrogen) atoms. The molecule has 0 amide bonds. The first-order valence-corrected chi connectivity index (χ1v) is 3.95. The van der Waals surface area contributed by atoms with Crippen LogP contribution in [0.1, 0.15) is 13.8 Å². The molecule has 0 heterocycles. The van der Waals surface area contributed by atoms with Gasteiger partial charge in [0.05, 0.1) is 6.61 Å². The van der Waals surface area contributed by atoms with Gasteiger partial charge in [-0.15, -0.1) is 0 Å². The quantitative estimate of drug-likeness (QED) is 0.494. The number of ether oxygens (including phenoxy) is 1. The van der Waals surface area contributed by atoms with E-state index in [1.807, 2.05) is 20.9 Å². The minimum atomic E-state index is -0.362. The van der Waals surface area contributed by atoms with Crippen LogP contribution in [0, 0.1) is 5.41 Å². The van der Waals surface area contributed by atoms with Gasteiger partial charge in [-0.1, -0.05) is 20.4 Å². The Labute approximate surface area is 73.8 Å². The summed E-state index contributed by atoms with van der Waals surface area (Å²) in [7, 11) is 1.87. The van der Waals surface area contributed by atoms with Crippen molar-refractivity contribution in [1.82, 2.24) is 5.32 Å². The van der Waals surface area contributed by atoms with Crippen LogP contribution in [0.4, 0.5) is 0 Å². The molecule has 0 saturated carbocycles. The van der Waals surface area contributed by atoms with E-state index < -0.39 is 0 Å². The highest BCUT2D eigenvalue weighted by atomic mass is 16.5. The van der Waals surface area contributed by atoms with Gasteiger partial charge in [-0.2, -0.15) is 0 Å². The Kier molecular flexibility index (Phi) is 4.59. The van der Waals surface area contributed by atoms with Gasteiger partial charge < -0.3 is 10.1 Å². The van der Waals surface area contributed by atoms with Gasteiger partial charge >= 0.3 is 5.97 Å². The summed E-state index contributed by atoms with van der Waals surface area (Å²) >= 11 is 0. The zero-order valence-electron chi connectivity index (χ0n) is 8.02. The van der Waals surface area contributed by atoms with Crippen molar-refractivity contribution in [3.8, 4) is 0 Å². The number of carbonyl (C=O) groups is 1. The molecule has 0 unspecified atom stereocenters. The van der Waals surface area contributed by atoms with Crippen molar-refractivity contribution >= 4 is 5.97 Å². The molecule has 0 aliphatic rings. The Balaban J connectivity index is 3.74. The Morgan fingerprint density at radius 3 is 2.67 bits per heavy atom. The maximum atomic E-state index is 10.7. The molecule has 0 fully saturated rings. The van der Waals surface area contributed by atoms with Crippen LogP contribution in [0.5, 0.6) is 0 Å². The lowest BCUT2D eigenvalue weighted by Gasteiger charge is -2.22. The summed E-state index contributed by atoms with van der Waals surface area (Å²) < 4.78 is 4.91. The number of carbonyl (C=O) groups excluding carboxylic acids is 1. The van der Waals surface area contributed by atoms with Gasteiger partial charge in [-0.3, -0.25) is 0 Å². The number of esters is 1. The highest BCUT2D eigenvalue weighted by molar-refractivity contribution is 5.81. The molecule has 0 spiro atoms. The SMILES string of the molecule is C=CC(=O)OCC(C)(C)CNC. The third kappa shape index (κ3) is 4.91. The van der Waals surface area contributed by atoms with Gasteiger partial charge in [0.1, 0.15) is 0 Å². The van der Waals surface area contributed by atoms with Gasteiger partial charge in [-0.25, -0.2) is 4.79 Å².